The van der Waals surface area contributed by atoms with Crippen molar-refractivity contribution < 1.29 is 0 Å². The molecular formula is C27H22N10S. The number of hydrogen-bond acceptors (Lipinski definition) is 10. The molecule has 11 heteroatoms. The third kappa shape index (κ3) is 4.95. The number of nitrogen functional groups attached to an aromatic ring is 1. The number of benzene rings is 2. The minimum atomic E-state index is 0.328. The number of hydrogen-bond donors (Lipinski definition) is 2. The molecule has 4 heterocycles. The summed E-state index contributed by atoms with van der Waals surface area (Å²) in [4.78, 5) is 27.3. The fourth-order valence-corrected chi connectivity index (χ4v) is 4.87. The minimum absolute atomic E-state index is 0.328. The molecule has 0 saturated heterocycles. The number of nitrogens with one attached hydrogen (secondary N) is 1. The summed E-state index contributed by atoms with van der Waals surface area (Å²) in [5.74, 6) is 0.718. The lowest BCUT2D eigenvalue weighted by Gasteiger charge is -2.15. The van der Waals surface area contributed by atoms with Crippen LogP contribution >= 0.6 is 11.3 Å². The van der Waals surface area contributed by atoms with E-state index in [0.717, 1.165) is 37.8 Å². The zero-order valence-electron chi connectivity index (χ0n) is 20.4. The number of aryl methyl sites for hydroxylation is 1. The topological polar surface area (TPSA) is 133 Å². The highest BCUT2D eigenvalue weighted by atomic mass is 32.1. The van der Waals surface area contributed by atoms with Crippen LogP contribution in [0.2, 0.25) is 0 Å². The van der Waals surface area contributed by atoms with Crippen LogP contribution in [-0.4, -0.2) is 39.7 Å². The van der Waals surface area contributed by atoms with Crippen LogP contribution in [-0.2, 0) is 6.54 Å². The highest BCUT2D eigenvalue weighted by Gasteiger charge is 2.18. The number of aromatic nitrogens is 8. The Morgan fingerprint density at radius 3 is 2.45 bits per heavy atom. The molecule has 4 aromatic heterocycles. The third-order valence-electron chi connectivity index (χ3n) is 5.85. The van der Waals surface area contributed by atoms with Crippen molar-refractivity contribution in [3.8, 4) is 32.8 Å². The summed E-state index contributed by atoms with van der Waals surface area (Å²) < 4.78 is 1.77. The summed E-state index contributed by atoms with van der Waals surface area (Å²) in [5, 5.41) is 8.46. The van der Waals surface area contributed by atoms with E-state index in [1.54, 1.807) is 34.7 Å². The van der Waals surface area contributed by atoms with Crippen LogP contribution in [0.1, 0.15) is 10.6 Å². The predicted octanol–water partition coefficient (Wildman–Crippen LogP) is 5.00. The van der Waals surface area contributed by atoms with E-state index in [4.69, 9.17) is 10.7 Å². The van der Waals surface area contributed by atoms with Gasteiger partial charge in [0.05, 0.1) is 27.7 Å². The number of anilines is 3. The van der Waals surface area contributed by atoms with Gasteiger partial charge in [-0.3, -0.25) is 0 Å². The van der Waals surface area contributed by atoms with Crippen molar-refractivity contribution >= 4 is 28.8 Å². The van der Waals surface area contributed by atoms with E-state index in [1.807, 2.05) is 49.5 Å². The second kappa shape index (κ2) is 10.1. The van der Waals surface area contributed by atoms with Gasteiger partial charge in [-0.2, -0.15) is 10.1 Å². The first-order chi connectivity index (χ1) is 18.6. The Kier molecular flexibility index (Phi) is 6.24. The number of nitrogens with two attached hydrogens (primary N) is 1. The van der Waals surface area contributed by atoms with Gasteiger partial charge in [0.15, 0.2) is 0 Å². The van der Waals surface area contributed by atoms with Crippen LogP contribution in [0.25, 0.3) is 32.8 Å². The molecule has 186 valence electrons. The van der Waals surface area contributed by atoms with Crippen molar-refractivity contribution in [3.05, 3.63) is 96.7 Å². The first-order valence-corrected chi connectivity index (χ1v) is 12.6. The van der Waals surface area contributed by atoms with Crippen molar-refractivity contribution in [1.29, 1.82) is 0 Å². The van der Waals surface area contributed by atoms with E-state index in [-0.39, 0.29) is 0 Å². The number of rotatable bonds is 7. The van der Waals surface area contributed by atoms with Crippen molar-refractivity contribution in [2.45, 2.75) is 13.5 Å². The Morgan fingerprint density at radius 2 is 1.71 bits per heavy atom. The molecular weight excluding hydrogens is 496 g/mol. The molecule has 3 N–H and O–H groups in total. The maximum absolute atomic E-state index is 6.53. The monoisotopic (exact) mass is 518 g/mol. The van der Waals surface area contributed by atoms with E-state index in [9.17, 15) is 0 Å². The standard InChI is InChI=1S/C27H22N10S/c1-17-32-12-23(38-17)19-3-2-4-20(9-19)25-24(21-10-29-14-30-11-21)26(28)36-27(35-25)34-22-7-5-18(6-8-22)13-37-16-31-15-33-37/h2-12,14-16H,13H2,1H3,(H3,28,34,35,36). The van der Waals surface area contributed by atoms with Gasteiger partial charge >= 0.3 is 0 Å². The zero-order chi connectivity index (χ0) is 25.9. The Hall–Kier alpha value is -5.03. The largest absolute Gasteiger partial charge is 0.383 e. The van der Waals surface area contributed by atoms with Crippen molar-refractivity contribution in [3.63, 3.8) is 0 Å². The smallest absolute Gasteiger partial charge is 0.229 e. The molecule has 0 saturated carbocycles. The van der Waals surface area contributed by atoms with Gasteiger partial charge in [0.1, 0.15) is 24.8 Å². The number of nitrogens with zero attached hydrogens (tertiary/aromatic N) is 8. The SMILES string of the molecule is Cc1ncc(-c2cccc(-c3nc(Nc4ccc(Cn5cncn5)cc4)nc(N)c3-c3cncnc3)c2)s1. The molecule has 0 radical (unpaired) electrons. The molecule has 0 spiro atoms. The first kappa shape index (κ1) is 23.4. The van der Waals surface area contributed by atoms with Crippen LogP contribution in [0.5, 0.6) is 0 Å². The van der Waals surface area contributed by atoms with Crippen LogP contribution in [0.4, 0.5) is 17.5 Å². The lowest BCUT2D eigenvalue weighted by Crippen LogP contribution is -2.06. The van der Waals surface area contributed by atoms with Gasteiger partial charge in [0.2, 0.25) is 5.95 Å². The van der Waals surface area contributed by atoms with Gasteiger partial charge < -0.3 is 11.1 Å². The van der Waals surface area contributed by atoms with Crippen LogP contribution in [0.3, 0.4) is 0 Å². The van der Waals surface area contributed by atoms with E-state index in [1.165, 1.54) is 12.7 Å². The summed E-state index contributed by atoms with van der Waals surface area (Å²) in [6.45, 7) is 2.63. The Labute approximate surface area is 222 Å². The summed E-state index contributed by atoms with van der Waals surface area (Å²) in [6, 6.07) is 16.1. The summed E-state index contributed by atoms with van der Waals surface area (Å²) in [7, 11) is 0. The zero-order valence-corrected chi connectivity index (χ0v) is 21.2. The average Bonchev–Trinajstić information content (AvgIpc) is 3.62. The lowest BCUT2D eigenvalue weighted by molar-refractivity contribution is 0.685. The summed E-state index contributed by atoms with van der Waals surface area (Å²) in [6.07, 6.45) is 10.0. The molecule has 0 fully saturated rings. The average molecular weight is 519 g/mol. The van der Waals surface area contributed by atoms with Gasteiger partial charge in [-0.05, 0) is 36.2 Å². The maximum atomic E-state index is 6.53. The molecule has 10 nitrogen and oxygen atoms in total. The molecule has 0 aliphatic rings. The molecule has 0 bridgehead atoms. The van der Waals surface area contributed by atoms with E-state index in [2.05, 4.69) is 47.5 Å². The van der Waals surface area contributed by atoms with Gasteiger partial charge in [-0.1, -0.05) is 30.3 Å². The van der Waals surface area contributed by atoms with Gasteiger partial charge in [0, 0.05) is 35.4 Å². The quantitative estimate of drug-likeness (QED) is 0.299. The second-order valence-electron chi connectivity index (χ2n) is 8.52. The van der Waals surface area contributed by atoms with Crippen LogP contribution in [0.15, 0.2) is 86.1 Å². The third-order valence-corrected chi connectivity index (χ3v) is 6.81. The normalized spacial score (nSPS) is 11.0. The van der Waals surface area contributed by atoms with Gasteiger partial charge in [-0.15, -0.1) is 11.3 Å². The Morgan fingerprint density at radius 1 is 0.895 bits per heavy atom. The molecule has 0 unspecified atom stereocenters. The summed E-state index contributed by atoms with van der Waals surface area (Å²) in [5.41, 5.74) is 12.5. The van der Waals surface area contributed by atoms with Crippen LogP contribution in [0, 0.1) is 6.92 Å². The summed E-state index contributed by atoms with van der Waals surface area (Å²) >= 11 is 1.65. The highest BCUT2D eigenvalue weighted by molar-refractivity contribution is 7.15. The fraction of sp³-hybridized carbons (Fsp3) is 0.0741. The van der Waals surface area contributed by atoms with E-state index < -0.39 is 0 Å². The van der Waals surface area contributed by atoms with E-state index in [0.29, 0.717) is 29.6 Å². The molecule has 38 heavy (non-hydrogen) atoms. The van der Waals surface area contributed by atoms with E-state index >= 15 is 0 Å². The molecule has 0 atom stereocenters. The minimum Gasteiger partial charge on any atom is -0.383 e. The molecule has 6 rings (SSSR count). The van der Waals surface area contributed by atoms with Gasteiger partial charge in [-0.25, -0.2) is 29.6 Å². The Bertz CT molecular complexity index is 1680. The van der Waals surface area contributed by atoms with Crippen LogP contribution < -0.4 is 11.1 Å². The molecule has 6 aromatic rings. The predicted molar refractivity (Wildman–Crippen MR) is 148 cm³/mol. The first-order valence-electron chi connectivity index (χ1n) is 11.8. The maximum Gasteiger partial charge on any atom is 0.229 e. The molecule has 2 aromatic carbocycles. The van der Waals surface area contributed by atoms with Gasteiger partial charge in [0.25, 0.3) is 0 Å². The molecule has 0 amide bonds. The fourth-order valence-electron chi connectivity index (χ4n) is 4.09. The Balaban J connectivity index is 1.38. The van der Waals surface area contributed by atoms with Crippen molar-refractivity contribution in [1.82, 2.24) is 39.7 Å². The second-order valence-corrected chi connectivity index (χ2v) is 9.76. The lowest BCUT2D eigenvalue weighted by atomic mass is 10.00. The highest BCUT2D eigenvalue weighted by Crippen LogP contribution is 2.37. The van der Waals surface area contributed by atoms with Crippen molar-refractivity contribution in [2.24, 2.45) is 0 Å². The molecule has 0 aliphatic heterocycles. The van der Waals surface area contributed by atoms with Crippen molar-refractivity contribution in [2.75, 3.05) is 11.1 Å². The molecule has 0 aliphatic carbocycles. The number of thiazole rings is 1.